The molecule has 0 bridgehead atoms. The Labute approximate surface area is 114 Å². The summed E-state index contributed by atoms with van der Waals surface area (Å²) in [5.74, 6) is 1.95. The number of rotatable bonds is 5. The van der Waals surface area contributed by atoms with Gasteiger partial charge in [-0.1, -0.05) is 17.7 Å². The minimum Gasteiger partial charge on any atom is -0.496 e. The average Bonchev–Trinajstić information content (AvgIpc) is 2.72. The van der Waals surface area contributed by atoms with Crippen LogP contribution in [-0.4, -0.2) is 23.7 Å². The summed E-state index contributed by atoms with van der Waals surface area (Å²) in [6, 6.07) is 6.26. The smallest absolute Gasteiger partial charge is 0.123 e. The lowest BCUT2D eigenvalue weighted by Crippen LogP contribution is -2.13. The number of aromatic nitrogens is 2. The van der Waals surface area contributed by atoms with Gasteiger partial charge < -0.3 is 14.6 Å². The van der Waals surface area contributed by atoms with Crippen molar-refractivity contribution < 1.29 is 4.74 Å². The normalized spacial score (nSPS) is 10.7. The molecule has 4 heteroatoms. The number of hydrogen-bond donors (Lipinski definition) is 1. The van der Waals surface area contributed by atoms with Gasteiger partial charge in [0.2, 0.25) is 0 Å². The number of imidazole rings is 1. The van der Waals surface area contributed by atoms with E-state index in [0.29, 0.717) is 0 Å². The first-order valence-electron chi connectivity index (χ1n) is 6.44. The lowest BCUT2D eigenvalue weighted by molar-refractivity contribution is 0.407. The third kappa shape index (κ3) is 2.96. The highest BCUT2D eigenvalue weighted by atomic mass is 16.5. The maximum atomic E-state index is 5.44. The summed E-state index contributed by atoms with van der Waals surface area (Å²) in [5.41, 5.74) is 3.60. The van der Waals surface area contributed by atoms with Crippen molar-refractivity contribution in [1.82, 2.24) is 14.9 Å². The molecule has 0 atom stereocenters. The molecule has 0 aliphatic carbocycles. The van der Waals surface area contributed by atoms with Gasteiger partial charge in [-0.15, -0.1) is 0 Å². The quantitative estimate of drug-likeness (QED) is 0.895. The molecule has 1 heterocycles. The lowest BCUT2D eigenvalue weighted by atomic mass is 10.1. The molecule has 2 rings (SSSR count). The van der Waals surface area contributed by atoms with Crippen LogP contribution in [0.5, 0.6) is 5.75 Å². The minimum atomic E-state index is 0.785. The SMILES string of the molecule is CNCc1cnc(C)n1Cc1cc(C)ccc1OC. The van der Waals surface area contributed by atoms with E-state index in [9.17, 15) is 0 Å². The van der Waals surface area contributed by atoms with Gasteiger partial charge in [0, 0.05) is 18.3 Å². The van der Waals surface area contributed by atoms with E-state index < -0.39 is 0 Å². The Bertz CT molecular complexity index is 561. The van der Waals surface area contributed by atoms with Gasteiger partial charge in [0.15, 0.2) is 0 Å². The molecule has 4 nitrogen and oxygen atoms in total. The zero-order valence-electron chi connectivity index (χ0n) is 12.0. The maximum Gasteiger partial charge on any atom is 0.123 e. The van der Waals surface area contributed by atoms with E-state index in [2.05, 4.69) is 33.9 Å². The summed E-state index contributed by atoms with van der Waals surface area (Å²) in [6.45, 7) is 5.72. The molecule has 0 spiro atoms. The second-order valence-corrected chi connectivity index (χ2v) is 4.73. The predicted molar refractivity (Wildman–Crippen MR) is 76.6 cm³/mol. The van der Waals surface area contributed by atoms with Crippen LogP contribution >= 0.6 is 0 Å². The molecule has 0 amide bonds. The second-order valence-electron chi connectivity index (χ2n) is 4.73. The number of methoxy groups -OCH3 is 1. The fraction of sp³-hybridized carbons (Fsp3) is 0.400. The van der Waals surface area contributed by atoms with E-state index in [-0.39, 0.29) is 0 Å². The van der Waals surface area contributed by atoms with Gasteiger partial charge in [-0.2, -0.15) is 0 Å². The molecule has 0 unspecified atom stereocenters. The van der Waals surface area contributed by atoms with Crippen molar-refractivity contribution in [2.24, 2.45) is 0 Å². The van der Waals surface area contributed by atoms with Gasteiger partial charge in [-0.05, 0) is 27.0 Å². The summed E-state index contributed by atoms with van der Waals surface area (Å²) >= 11 is 0. The maximum absolute atomic E-state index is 5.44. The Morgan fingerprint density at radius 2 is 2.11 bits per heavy atom. The lowest BCUT2D eigenvalue weighted by Gasteiger charge is -2.14. The molecule has 0 saturated heterocycles. The van der Waals surface area contributed by atoms with Crippen molar-refractivity contribution in [3.63, 3.8) is 0 Å². The Morgan fingerprint density at radius 1 is 1.32 bits per heavy atom. The Morgan fingerprint density at radius 3 is 2.79 bits per heavy atom. The van der Waals surface area contributed by atoms with Crippen LogP contribution in [0.3, 0.4) is 0 Å². The van der Waals surface area contributed by atoms with Gasteiger partial charge in [-0.3, -0.25) is 0 Å². The Hall–Kier alpha value is -1.81. The molecule has 0 aliphatic heterocycles. The highest BCUT2D eigenvalue weighted by molar-refractivity contribution is 5.37. The van der Waals surface area contributed by atoms with Crippen LogP contribution in [0.1, 0.15) is 22.6 Å². The van der Waals surface area contributed by atoms with Crippen molar-refractivity contribution in [1.29, 1.82) is 0 Å². The van der Waals surface area contributed by atoms with E-state index in [1.165, 1.54) is 16.8 Å². The third-order valence-corrected chi connectivity index (χ3v) is 3.26. The molecular formula is C15H21N3O. The topological polar surface area (TPSA) is 39.1 Å². The van der Waals surface area contributed by atoms with Crippen LogP contribution in [0, 0.1) is 13.8 Å². The van der Waals surface area contributed by atoms with Gasteiger partial charge in [0.1, 0.15) is 11.6 Å². The first-order valence-corrected chi connectivity index (χ1v) is 6.44. The summed E-state index contributed by atoms with van der Waals surface area (Å²) in [4.78, 5) is 4.39. The van der Waals surface area contributed by atoms with Crippen molar-refractivity contribution in [3.05, 3.63) is 47.0 Å². The largest absolute Gasteiger partial charge is 0.496 e. The molecule has 1 aromatic heterocycles. The van der Waals surface area contributed by atoms with Crippen molar-refractivity contribution >= 4 is 0 Å². The van der Waals surface area contributed by atoms with Crippen LogP contribution < -0.4 is 10.1 Å². The van der Waals surface area contributed by atoms with Gasteiger partial charge in [0.05, 0.1) is 19.3 Å². The van der Waals surface area contributed by atoms with Gasteiger partial charge >= 0.3 is 0 Å². The average molecular weight is 259 g/mol. The van der Waals surface area contributed by atoms with Crippen molar-refractivity contribution in [3.8, 4) is 5.75 Å². The van der Waals surface area contributed by atoms with Crippen molar-refractivity contribution in [2.75, 3.05) is 14.2 Å². The molecule has 0 saturated carbocycles. The second kappa shape index (κ2) is 5.89. The number of aryl methyl sites for hydroxylation is 2. The Kier molecular flexibility index (Phi) is 4.22. The Balaban J connectivity index is 2.35. The molecule has 19 heavy (non-hydrogen) atoms. The first kappa shape index (κ1) is 13.6. The zero-order chi connectivity index (χ0) is 13.8. The van der Waals surface area contributed by atoms with Crippen LogP contribution in [0.15, 0.2) is 24.4 Å². The summed E-state index contributed by atoms with van der Waals surface area (Å²) < 4.78 is 7.66. The first-order chi connectivity index (χ1) is 9.15. The van der Waals surface area contributed by atoms with Crippen molar-refractivity contribution in [2.45, 2.75) is 26.9 Å². The molecule has 0 radical (unpaired) electrons. The summed E-state index contributed by atoms with van der Waals surface area (Å²) in [7, 11) is 3.66. The highest BCUT2D eigenvalue weighted by Crippen LogP contribution is 2.22. The molecular weight excluding hydrogens is 238 g/mol. The number of hydrogen-bond acceptors (Lipinski definition) is 3. The van der Waals surface area contributed by atoms with E-state index in [0.717, 1.165) is 24.7 Å². The fourth-order valence-corrected chi connectivity index (χ4v) is 2.25. The predicted octanol–water partition coefficient (Wildman–Crippen LogP) is 2.28. The van der Waals surface area contributed by atoms with E-state index in [4.69, 9.17) is 4.74 Å². The standard InChI is InChI=1S/C15H21N3O/c1-11-5-6-15(19-4)13(7-11)10-18-12(2)17-9-14(18)8-16-3/h5-7,9,16H,8,10H2,1-4H3. The number of nitrogens with zero attached hydrogens (tertiary/aromatic N) is 2. The molecule has 2 aromatic rings. The van der Waals surface area contributed by atoms with E-state index in [1.54, 1.807) is 7.11 Å². The molecule has 1 N–H and O–H groups in total. The third-order valence-electron chi connectivity index (χ3n) is 3.26. The molecule has 0 aliphatic rings. The monoisotopic (exact) mass is 259 g/mol. The van der Waals surface area contributed by atoms with E-state index >= 15 is 0 Å². The molecule has 1 aromatic carbocycles. The van der Waals surface area contributed by atoms with Crippen LogP contribution in [-0.2, 0) is 13.1 Å². The molecule has 0 fully saturated rings. The van der Waals surface area contributed by atoms with Crippen LogP contribution in [0.4, 0.5) is 0 Å². The number of nitrogens with one attached hydrogen (secondary N) is 1. The molecule has 102 valence electrons. The summed E-state index contributed by atoms with van der Waals surface area (Å²) in [5, 5.41) is 3.17. The highest BCUT2D eigenvalue weighted by Gasteiger charge is 2.10. The minimum absolute atomic E-state index is 0.785. The van der Waals surface area contributed by atoms with E-state index in [1.807, 2.05) is 26.2 Å². The number of ether oxygens (including phenoxy) is 1. The van der Waals surface area contributed by atoms with Crippen LogP contribution in [0.2, 0.25) is 0 Å². The van der Waals surface area contributed by atoms with Crippen LogP contribution in [0.25, 0.3) is 0 Å². The fourth-order valence-electron chi connectivity index (χ4n) is 2.25. The zero-order valence-corrected chi connectivity index (χ0v) is 12.0. The van der Waals surface area contributed by atoms with Gasteiger partial charge in [-0.25, -0.2) is 4.98 Å². The van der Waals surface area contributed by atoms with Gasteiger partial charge in [0.25, 0.3) is 0 Å². The summed E-state index contributed by atoms with van der Waals surface area (Å²) in [6.07, 6.45) is 1.92. The number of benzene rings is 1.